The van der Waals surface area contributed by atoms with E-state index in [1.54, 1.807) is 120 Å². The van der Waals surface area contributed by atoms with Crippen LogP contribution in [0, 0.1) is 64.0 Å². The fraction of sp³-hybridized carbons (Fsp3) is 0.106. The minimum absolute atomic E-state index is 0.311. The van der Waals surface area contributed by atoms with Gasteiger partial charge in [0.2, 0.25) is 0 Å². The van der Waals surface area contributed by atoms with Crippen molar-refractivity contribution >= 4 is 69.8 Å². The van der Waals surface area contributed by atoms with Gasteiger partial charge >= 0.3 is 0 Å². The third-order valence-corrected chi connectivity index (χ3v) is 18.0. The molecule has 0 saturated heterocycles. The van der Waals surface area contributed by atoms with Crippen LogP contribution in [0.15, 0.2) is 244 Å². The first-order valence-electron chi connectivity index (χ1n) is 36.8. The summed E-state index contributed by atoms with van der Waals surface area (Å²) in [4.78, 5) is 33.2. The van der Waals surface area contributed by atoms with Crippen molar-refractivity contribution in [2.75, 3.05) is 49.6 Å². The molecule has 4 unspecified atom stereocenters. The fourth-order valence-corrected chi connectivity index (χ4v) is 12.0. The van der Waals surface area contributed by atoms with Crippen LogP contribution in [0.4, 0.5) is 118 Å². The molecule has 0 saturated carbocycles. The van der Waals surface area contributed by atoms with Crippen LogP contribution in [-0.2, 0) is 0 Å². The van der Waals surface area contributed by atoms with E-state index >= 15 is 0 Å². The van der Waals surface area contributed by atoms with E-state index in [9.17, 15) is 48.3 Å². The van der Waals surface area contributed by atoms with Crippen LogP contribution in [0.25, 0.3) is 45.0 Å². The number of anilines is 12. The van der Waals surface area contributed by atoms with Gasteiger partial charge < -0.3 is 47.3 Å². The number of ether oxygens (including phenoxy) is 1. The van der Waals surface area contributed by atoms with E-state index in [0.717, 1.165) is 46.8 Å². The summed E-state index contributed by atoms with van der Waals surface area (Å²) in [5, 5.41) is 52.6. The Morgan fingerprint density at radius 3 is 0.884 bits per heavy atom. The summed E-state index contributed by atoms with van der Waals surface area (Å²) in [5.41, 5.74) is 6.80. The predicted octanol–water partition coefficient (Wildman–Crippen LogP) is 20.7. The zero-order chi connectivity index (χ0) is 85.1. The van der Waals surface area contributed by atoms with Crippen molar-refractivity contribution in [3.63, 3.8) is 0 Å². The number of aromatic amines is 4. The molecule has 8 aromatic heterocycles. The van der Waals surface area contributed by atoms with E-state index in [2.05, 4.69) is 123 Å². The first-order chi connectivity index (χ1) is 58.5. The van der Waals surface area contributed by atoms with Crippen molar-refractivity contribution in [2.24, 2.45) is 0 Å². The molecule has 36 heteroatoms. The highest BCUT2D eigenvalue weighted by Crippen LogP contribution is 2.33. The Morgan fingerprint density at radius 2 is 0.554 bits per heavy atom. The Bertz CT molecular complexity index is 6180. The van der Waals surface area contributed by atoms with Crippen LogP contribution in [0.2, 0.25) is 0 Å². The van der Waals surface area contributed by atoms with Crippen molar-refractivity contribution in [2.45, 2.75) is 51.9 Å². The van der Waals surface area contributed by atoms with Crippen LogP contribution in [0.1, 0.15) is 74.1 Å². The number of hydrogen-bond donors (Lipinski definition) is 12. The number of nitrogens with zero attached hydrogens (tertiary/aromatic N) is 12. The molecular weight excluding hydrogens is 1580 g/mol. The lowest BCUT2D eigenvalue weighted by Gasteiger charge is -2.16. The summed E-state index contributed by atoms with van der Waals surface area (Å²) in [6.45, 7) is 6.99. The van der Waals surface area contributed by atoms with Gasteiger partial charge in [0, 0.05) is 106 Å². The fourth-order valence-electron chi connectivity index (χ4n) is 12.0. The largest absolute Gasteiger partial charge is 0.497 e. The van der Waals surface area contributed by atoms with Crippen molar-refractivity contribution in [3.05, 3.63) is 330 Å². The second-order valence-electron chi connectivity index (χ2n) is 26.7. The van der Waals surface area contributed by atoms with Crippen molar-refractivity contribution in [1.82, 2.24) is 80.7 Å². The molecule has 16 aromatic rings. The van der Waals surface area contributed by atoms with Gasteiger partial charge in [0.05, 0.1) is 54.1 Å². The summed E-state index contributed by atoms with van der Waals surface area (Å²) < 4.78 is 154. The Labute approximate surface area is 682 Å². The molecular formula is C85H71F11N24O. The van der Waals surface area contributed by atoms with Gasteiger partial charge in [0.1, 0.15) is 142 Å². The van der Waals surface area contributed by atoms with Gasteiger partial charge in [0.25, 0.3) is 0 Å². The molecule has 16 rings (SSSR count). The maximum absolute atomic E-state index is 14.0. The van der Waals surface area contributed by atoms with Gasteiger partial charge in [-0.15, -0.1) is 0 Å². The molecule has 0 aliphatic heterocycles. The number of H-pyrrole nitrogens is 4. The number of nitrogens with one attached hydrogen (secondary N) is 12. The van der Waals surface area contributed by atoms with Gasteiger partial charge in [-0.25, -0.2) is 88.2 Å². The van der Waals surface area contributed by atoms with Crippen molar-refractivity contribution in [3.8, 4) is 50.8 Å². The van der Waals surface area contributed by atoms with Gasteiger partial charge in [0.15, 0.2) is 23.3 Å². The quantitative estimate of drug-likeness (QED) is 0.0237. The molecule has 0 amide bonds. The second kappa shape index (κ2) is 38.9. The molecule has 0 radical (unpaired) electrons. The zero-order valence-electron chi connectivity index (χ0n) is 64.3. The van der Waals surface area contributed by atoms with E-state index in [0.29, 0.717) is 120 Å². The van der Waals surface area contributed by atoms with Crippen LogP contribution in [0.3, 0.4) is 0 Å². The minimum Gasteiger partial charge on any atom is -0.497 e. The lowest BCUT2D eigenvalue weighted by Crippen LogP contribution is -2.10. The number of hydrogen-bond acceptors (Lipinski definition) is 21. The van der Waals surface area contributed by atoms with Crippen LogP contribution < -0.4 is 47.3 Å². The second-order valence-corrected chi connectivity index (χ2v) is 26.7. The SMILES string of the molecule is CC(Nc1cc(Nc2cc(-c3ccc(F)cc3)[nH]n2)ncn1)c1ccc(F)cc1F.CC(Nc1cc(Nc2cc(-c3cccc(F)c3)[nH]n2)ncn1)c1ccc(F)cc1F.CC(Nc1cc(Nc2cc(-c3ccccc3F)[nH]n2)ncn1)c1ccc(F)cc1F.COc1ccc(-c2cc(Nc3cc(NC(C)c4ccc(F)cc4F)ncn3)n[nH]2)cc1. The summed E-state index contributed by atoms with van der Waals surface area (Å²) in [7, 11) is 1.62. The highest BCUT2D eigenvalue weighted by atomic mass is 19.2. The van der Waals surface area contributed by atoms with Crippen molar-refractivity contribution < 1.29 is 53.0 Å². The molecule has 0 aliphatic carbocycles. The standard InChI is InChI=1S/C22H20F2N6O.3C21H17F3N6/c1-13(17-8-5-15(23)9-18(17)24)27-20-11-21(26-12-25-20)28-22-10-19(29-30-22)14-3-6-16(31-2)7-4-14;1-12(16-7-6-15(23)8-17(16)24)27-19-10-20(26-11-25-19)28-21-9-18(29-30-21)13-2-4-14(22)5-3-13;1-12(16-6-5-15(23)8-17(16)24)27-19-10-20(26-11-25-19)28-21-9-18(29-30-21)13-3-2-4-14(22)7-13;1-12(14-7-6-13(22)8-17(14)24)27-19-10-20(26-11-25-19)28-21-9-18(29-30-21)15-4-2-3-5-16(15)23/h3-13H,1-2H3,(H3,25,26,27,28,29,30);3*2-12H,1H3,(H3,25,26,27,28,29,30). The van der Waals surface area contributed by atoms with Gasteiger partial charge in [-0.3, -0.25) is 20.4 Å². The molecule has 614 valence electrons. The maximum atomic E-state index is 14.0. The maximum Gasteiger partial charge on any atom is 0.153 e. The molecule has 0 bridgehead atoms. The molecule has 121 heavy (non-hydrogen) atoms. The minimum atomic E-state index is -0.639. The smallest absolute Gasteiger partial charge is 0.153 e. The molecule has 4 atom stereocenters. The van der Waals surface area contributed by atoms with Gasteiger partial charge in [-0.05, 0) is 136 Å². The number of rotatable bonds is 25. The highest BCUT2D eigenvalue weighted by Gasteiger charge is 2.20. The lowest BCUT2D eigenvalue weighted by atomic mass is 10.1. The number of halogens is 11. The normalized spacial score (nSPS) is 11.8. The summed E-state index contributed by atoms with van der Waals surface area (Å²) >= 11 is 0. The predicted molar refractivity (Wildman–Crippen MR) is 437 cm³/mol. The van der Waals surface area contributed by atoms with E-state index in [1.165, 1.54) is 104 Å². The highest BCUT2D eigenvalue weighted by molar-refractivity contribution is 5.70. The van der Waals surface area contributed by atoms with Crippen molar-refractivity contribution in [1.29, 1.82) is 0 Å². The van der Waals surface area contributed by atoms with Crippen LogP contribution in [-0.4, -0.2) is 87.8 Å². The lowest BCUT2D eigenvalue weighted by molar-refractivity contribution is 0.415. The number of benzene rings is 8. The topological polar surface area (TPSA) is 323 Å². The molecule has 0 fully saturated rings. The van der Waals surface area contributed by atoms with Gasteiger partial charge in [-0.2, -0.15) is 20.4 Å². The number of methoxy groups -OCH3 is 1. The molecule has 0 spiro atoms. The van der Waals surface area contributed by atoms with Crippen LogP contribution in [0.5, 0.6) is 5.75 Å². The summed E-state index contributed by atoms with van der Waals surface area (Å²) in [6, 6.07) is 51.8. The molecule has 12 N–H and O–H groups in total. The third-order valence-electron chi connectivity index (χ3n) is 18.0. The summed E-state index contributed by atoms with van der Waals surface area (Å²) in [5.74, 6) is 0.447. The molecule has 25 nitrogen and oxygen atoms in total. The monoisotopic (exact) mass is 1650 g/mol. The zero-order valence-corrected chi connectivity index (χ0v) is 64.3. The molecule has 8 heterocycles. The average molecular weight is 1650 g/mol. The Morgan fingerprint density at radius 1 is 0.256 bits per heavy atom. The third kappa shape index (κ3) is 22.7. The van der Waals surface area contributed by atoms with Crippen LogP contribution >= 0.6 is 0 Å². The Hall–Kier alpha value is -15.7. The Kier molecular flexibility index (Phi) is 26.8. The first-order valence-corrected chi connectivity index (χ1v) is 36.8. The Balaban J connectivity index is 0.000000139. The van der Waals surface area contributed by atoms with E-state index in [-0.39, 0.29) is 17.5 Å². The van der Waals surface area contributed by atoms with E-state index < -0.39 is 70.7 Å². The summed E-state index contributed by atoms with van der Waals surface area (Å²) in [6.07, 6.45) is 5.42. The first kappa shape index (κ1) is 83.3. The van der Waals surface area contributed by atoms with E-state index in [4.69, 9.17) is 4.74 Å². The average Bonchev–Trinajstić information content (AvgIpc) is 1.33. The van der Waals surface area contributed by atoms with Gasteiger partial charge in [-0.1, -0.05) is 48.5 Å². The molecule has 8 aromatic carbocycles. The van der Waals surface area contributed by atoms with E-state index in [1.807, 2.05) is 30.3 Å². The molecule has 0 aliphatic rings. The number of aromatic nitrogens is 16.